The minimum atomic E-state index is -0.732. The second kappa shape index (κ2) is 26.0. The van der Waals surface area contributed by atoms with Crippen molar-refractivity contribution >= 4 is 70.4 Å². The largest absolute Gasteiger partial charge is 0.310 e. The number of nitrogens with zero attached hydrogens (tertiary/aromatic N) is 9. The minimum Gasteiger partial charge on any atom is -0.310 e. The lowest BCUT2D eigenvalue weighted by molar-refractivity contribution is 0.748. The number of aromatic nitrogens is 8. The second-order valence-electron chi connectivity index (χ2n) is 31.3. The van der Waals surface area contributed by atoms with E-state index in [4.69, 9.17) is 34.9 Å². The van der Waals surface area contributed by atoms with E-state index in [1.807, 2.05) is 48.5 Å². The summed E-state index contributed by atoms with van der Waals surface area (Å²) in [4.78, 5) is 39.1. The van der Waals surface area contributed by atoms with Gasteiger partial charge in [-0.1, -0.05) is 315 Å². The van der Waals surface area contributed by atoms with Crippen molar-refractivity contribution in [2.24, 2.45) is 0 Å². The fourth-order valence-electron chi connectivity index (χ4n) is 20.2. The van der Waals surface area contributed by atoms with Crippen molar-refractivity contribution in [3.05, 3.63) is 439 Å². The van der Waals surface area contributed by atoms with Gasteiger partial charge < -0.3 is 9.47 Å². The summed E-state index contributed by atoms with van der Waals surface area (Å²) in [6.07, 6.45) is 1.78. The zero-order valence-corrected chi connectivity index (χ0v) is 64.8. The van der Waals surface area contributed by atoms with Crippen molar-refractivity contribution in [2.75, 3.05) is 4.90 Å². The number of hydrogen-bond acceptors (Lipinski definition) is 9. The van der Waals surface area contributed by atoms with Crippen LogP contribution in [0.25, 0.3) is 172 Å². The summed E-state index contributed by atoms with van der Waals surface area (Å²) in [7, 11) is 0. The summed E-state index contributed by atoms with van der Waals surface area (Å²) in [5.74, 6) is 3.42. The molecular weight excluding hydrogens is 1470 g/mol. The Morgan fingerprint density at radius 3 is 1.53 bits per heavy atom. The smallest absolute Gasteiger partial charge is 0.182 e. The normalized spacial score (nSPS) is 14.9. The molecule has 2 unspecified atom stereocenters. The van der Waals surface area contributed by atoms with E-state index in [-0.39, 0.29) is 0 Å². The molecule has 552 valence electrons. The Bertz CT molecular complexity index is 7770. The Labute approximate surface area is 689 Å². The van der Waals surface area contributed by atoms with Gasteiger partial charge in [-0.2, -0.15) is 0 Å². The number of hydrogen-bond donors (Lipinski definition) is 0. The predicted octanol–water partition coefficient (Wildman–Crippen LogP) is 26.7. The van der Waals surface area contributed by atoms with Crippen molar-refractivity contribution in [1.82, 2.24) is 39.5 Å². The van der Waals surface area contributed by atoms with E-state index in [1.165, 1.54) is 120 Å². The van der Waals surface area contributed by atoms with Crippen molar-refractivity contribution < 1.29 is 0 Å². The summed E-state index contributed by atoms with van der Waals surface area (Å²) < 4.78 is 4.93. The van der Waals surface area contributed by atoms with E-state index in [2.05, 4.69) is 349 Å². The van der Waals surface area contributed by atoms with Gasteiger partial charge in [0.15, 0.2) is 34.9 Å². The van der Waals surface area contributed by atoms with Gasteiger partial charge in [0, 0.05) is 70.6 Å². The van der Waals surface area contributed by atoms with Crippen LogP contribution in [0.4, 0.5) is 17.1 Å². The molecule has 9 nitrogen and oxygen atoms in total. The third kappa shape index (κ3) is 9.83. The number of fused-ring (bicyclic) bond motifs is 24. The molecule has 2 spiro atoms. The van der Waals surface area contributed by atoms with Crippen LogP contribution < -0.4 is 4.90 Å². The lowest BCUT2D eigenvalue weighted by Gasteiger charge is -2.45. The quantitative estimate of drug-likeness (QED) is 0.134. The van der Waals surface area contributed by atoms with Crippen molar-refractivity contribution in [2.45, 2.75) is 10.8 Å². The average Bonchev–Trinajstić information content (AvgIpc) is 1.52. The molecular formula is C109H65N9S. The van der Waals surface area contributed by atoms with Crippen molar-refractivity contribution in [1.29, 1.82) is 0 Å². The van der Waals surface area contributed by atoms with Gasteiger partial charge in [-0.3, -0.25) is 4.98 Å². The van der Waals surface area contributed by atoms with Crippen LogP contribution in [0.1, 0.15) is 44.5 Å². The molecule has 0 amide bonds. The molecule has 16 aromatic carbocycles. The molecule has 5 aromatic heterocycles. The number of para-hydroxylation sites is 5. The van der Waals surface area contributed by atoms with Gasteiger partial charge in [0.1, 0.15) is 5.69 Å². The van der Waals surface area contributed by atoms with E-state index in [0.717, 1.165) is 72.7 Å². The monoisotopic (exact) mass is 1530 g/mol. The lowest BCUT2D eigenvalue weighted by atomic mass is 9.64. The molecule has 119 heavy (non-hydrogen) atoms. The Morgan fingerprint density at radius 1 is 0.235 bits per heavy atom. The molecule has 2 atom stereocenters. The maximum absolute atomic E-state index is 5.51. The molecule has 7 heterocycles. The van der Waals surface area contributed by atoms with Crippen LogP contribution in [-0.4, -0.2) is 39.5 Å². The van der Waals surface area contributed by atoms with Gasteiger partial charge in [-0.15, -0.1) is 11.3 Å². The molecule has 0 bridgehead atoms. The molecule has 2 aliphatic carbocycles. The Hall–Kier alpha value is -15.5. The first-order valence-corrected chi connectivity index (χ1v) is 41.2. The predicted molar refractivity (Wildman–Crippen MR) is 484 cm³/mol. The van der Waals surface area contributed by atoms with Gasteiger partial charge >= 0.3 is 0 Å². The number of pyridine rings is 1. The highest BCUT2D eigenvalue weighted by molar-refractivity contribution is 7.25. The van der Waals surface area contributed by atoms with E-state index in [1.54, 1.807) is 17.5 Å². The summed E-state index contributed by atoms with van der Waals surface area (Å²) in [6.45, 7) is 0. The molecule has 0 fully saturated rings. The standard InChI is InChI=1S/C109H65N9S/c1-3-26-67(27-4-1)102-114-106(116-107(115-102)93-46-21-22-61-110-93)82-36-8-7-32-75(82)71-57-60-90-97(64-71)117(74-30-5-2-6-31-74)95-48-18-15-42-88(95)108(90)85-40-13-9-33-77(85)84-63-70(56-59-87(84)108)69-28-23-29-72(62-69)104-111-103(112-105(113-104)73-55-58-80-79-35-12-20-50-98(79)119-99(80)65-73)68-53-51-66(52-54-68)76-38-24-44-91-100(76)83-37-10-14-41-86(83)109(91)89-43-16-19-49-96(89)118-94-47-17-11-34-78(94)81-39-25-45-92(109)101(81)118/h1-65H. The van der Waals surface area contributed by atoms with Gasteiger partial charge in [-0.25, -0.2) is 29.9 Å². The first-order valence-electron chi connectivity index (χ1n) is 40.4. The summed E-state index contributed by atoms with van der Waals surface area (Å²) in [5, 5.41) is 4.99. The first kappa shape index (κ1) is 66.9. The SMILES string of the molecule is c1ccc(-c2nc(-c3ccccn3)nc(-c3ccccc3-c3ccc4c(c3)N(c3ccccc3)c3ccccc3C43c4ccccc4-c4cc(-c5cccc(-c6nc(-c7ccc(-c8cccc9c8-c8ccccc8C98c9ccccc9-n9c%10ccccc%10c%10cccc8c%109)cc7)nc(-c7ccc8c(c7)sc7ccccc78)n6)c5)ccc43)n2)cc1. The summed E-state index contributed by atoms with van der Waals surface area (Å²) in [5.41, 5.74) is 32.0. The van der Waals surface area contributed by atoms with Gasteiger partial charge in [-0.05, 0) is 173 Å². The number of thiophene rings is 1. The molecule has 0 saturated heterocycles. The number of benzene rings is 16. The van der Waals surface area contributed by atoms with Crippen LogP contribution in [0.3, 0.4) is 0 Å². The molecule has 0 N–H and O–H groups in total. The fraction of sp³-hybridized carbons (Fsp3) is 0.0183. The topological polar surface area (TPSA) is 98.4 Å². The highest BCUT2D eigenvalue weighted by atomic mass is 32.1. The van der Waals surface area contributed by atoms with E-state index >= 15 is 0 Å². The summed E-state index contributed by atoms with van der Waals surface area (Å²) in [6, 6.07) is 141. The second-order valence-corrected chi connectivity index (χ2v) is 32.4. The van der Waals surface area contributed by atoms with Crippen LogP contribution >= 0.6 is 11.3 Å². The van der Waals surface area contributed by atoms with Gasteiger partial charge in [0.25, 0.3) is 0 Å². The van der Waals surface area contributed by atoms with Crippen LogP contribution in [0.5, 0.6) is 0 Å². The van der Waals surface area contributed by atoms with Crippen LogP contribution in [0.15, 0.2) is 394 Å². The highest BCUT2D eigenvalue weighted by Crippen LogP contribution is 2.66. The highest BCUT2D eigenvalue weighted by Gasteiger charge is 2.54. The molecule has 0 radical (unpaired) electrons. The van der Waals surface area contributed by atoms with Crippen molar-refractivity contribution in [3.63, 3.8) is 0 Å². The molecule has 0 saturated carbocycles. The average molecular weight is 1530 g/mol. The maximum atomic E-state index is 5.51. The molecule has 21 aromatic rings. The Kier molecular flexibility index (Phi) is 14.6. The zero-order valence-electron chi connectivity index (χ0n) is 64.0. The summed E-state index contributed by atoms with van der Waals surface area (Å²) >= 11 is 1.80. The van der Waals surface area contributed by atoms with Crippen LogP contribution in [0, 0.1) is 0 Å². The molecule has 25 rings (SSSR count). The van der Waals surface area contributed by atoms with E-state index < -0.39 is 10.8 Å². The number of rotatable bonds is 10. The van der Waals surface area contributed by atoms with Crippen molar-refractivity contribution in [3.8, 4) is 130 Å². The maximum Gasteiger partial charge on any atom is 0.182 e. The Morgan fingerprint density at radius 2 is 0.723 bits per heavy atom. The minimum absolute atomic E-state index is 0.503. The van der Waals surface area contributed by atoms with E-state index in [9.17, 15) is 0 Å². The Balaban J connectivity index is 0.616. The van der Waals surface area contributed by atoms with Crippen LogP contribution in [0.2, 0.25) is 0 Å². The van der Waals surface area contributed by atoms with Crippen LogP contribution in [-0.2, 0) is 10.8 Å². The fourth-order valence-corrected chi connectivity index (χ4v) is 21.4. The third-order valence-corrected chi connectivity index (χ3v) is 26.3. The van der Waals surface area contributed by atoms with Gasteiger partial charge in [0.2, 0.25) is 0 Å². The first-order chi connectivity index (χ1) is 59.0. The molecule has 10 heteroatoms. The third-order valence-electron chi connectivity index (χ3n) is 25.2. The number of anilines is 3. The molecule has 2 aliphatic heterocycles. The zero-order chi connectivity index (χ0) is 78.0. The van der Waals surface area contributed by atoms with E-state index in [0.29, 0.717) is 40.6 Å². The van der Waals surface area contributed by atoms with Gasteiger partial charge in [0.05, 0.1) is 38.9 Å². The molecule has 4 aliphatic rings. The lowest BCUT2D eigenvalue weighted by Crippen LogP contribution is -2.36.